The number of rotatable bonds is 5. The Balaban J connectivity index is 1.74. The van der Waals surface area contributed by atoms with E-state index in [1.54, 1.807) is 13.2 Å². The van der Waals surface area contributed by atoms with Crippen LogP contribution in [0.25, 0.3) is 16.3 Å². The van der Waals surface area contributed by atoms with Crippen LogP contribution in [-0.2, 0) is 14.3 Å². The third kappa shape index (κ3) is 2.81. The van der Waals surface area contributed by atoms with E-state index in [1.165, 1.54) is 29.4 Å². The highest BCUT2D eigenvalue weighted by Gasteiger charge is 2.55. The number of para-hydroxylation sites is 1. The van der Waals surface area contributed by atoms with E-state index in [1.807, 2.05) is 24.3 Å². The monoisotopic (exact) mass is 346 g/mol. The van der Waals surface area contributed by atoms with Crippen LogP contribution in [0, 0.1) is 0 Å². The molecule has 24 heavy (non-hydrogen) atoms. The van der Waals surface area contributed by atoms with E-state index in [0.29, 0.717) is 17.8 Å². The smallest absolute Gasteiger partial charge is 0.329 e. The van der Waals surface area contributed by atoms with Crippen LogP contribution < -0.4 is 0 Å². The molecule has 1 saturated carbocycles. The largest absolute Gasteiger partial charge is 0.479 e. The Morgan fingerprint density at radius 2 is 2.12 bits per heavy atom. The third-order valence-electron chi connectivity index (χ3n) is 4.51. The molecule has 1 aromatic carbocycles. The first-order valence-electron chi connectivity index (χ1n) is 7.54. The van der Waals surface area contributed by atoms with E-state index in [9.17, 15) is 14.7 Å². The zero-order valence-corrected chi connectivity index (χ0v) is 14.2. The zero-order valence-electron chi connectivity index (χ0n) is 13.4. The second-order valence-electron chi connectivity index (χ2n) is 5.85. The first kappa shape index (κ1) is 16.6. The number of hydrogen-bond donors (Lipinski definition) is 1. The number of carboxylic acid groups (broad SMARTS) is 1. The van der Waals surface area contributed by atoms with Crippen LogP contribution in [0.1, 0.15) is 17.8 Å². The molecule has 126 valence electrons. The average molecular weight is 346 g/mol. The summed E-state index contributed by atoms with van der Waals surface area (Å²) in [7, 11) is 3.07. The van der Waals surface area contributed by atoms with Gasteiger partial charge in [-0.25, -0.2) is 9.78 Å². The minimum absolute atomic E-state index is 0.121. The number of ether oxygens (including phenoxy) is 1. The summed E-state index contributed by atoms with van der Waals surface area (Å²) in [4.78, 5) is 29.7. The van der Waals surface area contributed by atoms with Gasteiger partial charge in [0.2, 0.25) is 5.91 Å². The minimum atomic E-state index is -1.18. The number of carboxylic acids is 1. The fraction of sp³-hybridized carbons (Fsp3) is 0.353. The molecule has 7 heteroatoms. The molecule has 1 aliphatic rings. The summed E-state index contributed by atoms with van der Waals surface area (Å²) >= 11 is 1.48. The molecule has 1 amide bonds. The number of aliphatic carboxylic acids is 1. The first-order valence-corrected chi connectivity index (χ1v) is 8.35. The number of amides is 1. The van der Waals surface area contributed by atoms with Gasteiger partial charge in [-0.05, 0) is 18.2 Å². The molecular formula is C17H18N2O4S. The number of hydrogen-bond acceptors (Lipinski definition) is 5. The molecule has 6 nitrogen and oxygen atoms in total. The van der Waals surface area contributed by atoms with Crippen molar-refractivity contribution in [1.29, 1.82) is 0 Å². The number of carbonyl (C=O) groups excluding carboxylic acids is 1. The molecule has 1 aromatic heterocycles. The van der Waals surface area contributed by atoms with E-state index >= 15 is 0 Å². The van der Waals surface area contributed by atoms with Gasteiger partial charge in [0.05, 0.1) is 16.3 Å². The van der Waals surface area contributed by atoms with Crippen LogP contribution in [0.3, 0.4) is 0 Å². The lowest BCUT2D eigenvalue weighted by Crippen LogP contribution is -2.64. The Morgan fingerprint density at radius 1 is 1.42 bits per heavy atom. The molecule has 1 N–H and O–H groups in total. The lowest BCUT2D eigenvalue weighted by molar-refractivity contribution is -0.173. The summed E-state index contributed by atoms with van der Waals surface area (Å²) in [6.45, 7) is 0. The molecule has 0 bridgehead atoms. The van der Waals surface area contributed by atoms with Crippen molar-refractivity contribution in [3.05, 3.63) is 35.3 Å². The van der Waals surface area contributed by atoms with Crippen LogP contribution in [0.2, 0.25) is 0 Å². The summed E-state index contributed by atoms with van der Waals surface area (Å²) in [6, 6.07) is 7.73. The van der Waals surface area contributed by atoms with Gasteiger partial charge in [0.15, 0.2) is 0 Å². The van der Waals surface area contributed by atoms with Gasteiger partial charge in [-0.1, -0.05) is 12.1 Å². The molecule has 3 rings (SSSR count). The van der Waals surface area contributed by atoms with Crippen molar-refractivity contribution in [3.8, 4) is 0 Å². The second-order valence-corrected chi connectivity index (χ2v) is 6.92. The molecule has 0 atom stereocenters. The second kappa shape index (κ2) is 6.33. The van der Waals surface area contributed by atoms with E-state index in [4.69, 9.17) is 4.74 Å². The molecule has 0 saturated heterocycles. The standard InChI is InChI=1S/C17H18N2O4S/c1-19(17(16(21)22)9-11(10-17)23-2)15(20)8-7-14-18-12-5-3-4-6-13(12)24-14/h3-8,11H,9-10H2,1-2H3,(H,21,22). The fourth-order valence-corrected chi connectivity index (χ4v) is 3.75. The van der Waals surface area contributed by atoms with Gasteiger partial charge in [0, 0.05) is 33.1 Å². The summed E-state index contributed by atoms with van der Waals surface area (Å²) in [6.07, 6.45) is 3.49. The fourth-order valence-electron chi connectivity index (χ4n) is 2.88. The average Bonchev–Trinajstić information content (AvgIpc) is 2.94. The van der Waals surface area contributed by atoms with E-state index in [2.05, 4.69) is 4.98 Å². The van der Waals surface area contributed by atoms with Crippen LogP contribution in [0.4, 0.5) is 0 Å². The van der Waals surface area contributed by atoms with Crippen LogP contribution in [0.5, 0.6) is 0 Å². The van der Waals surface area contributed by atoms with Crippen molar-refractivity contribution in [1.82, 2.24) is 9.88 Å². The van der Waals surface area contributed by atoms with Gasteiger partial charge in [0.1, 0.15) is 10.5 Å². The maximum atomic E-state index is 12.4. The lowest BCUT2D eigenvalue weighted by atomic mass is 9.73. The maximum Gasteiger partial charge on any atom is 0.329 e. The molecule has 0 aliphatic heterocycles. The summed E-state index contributed by atoms with van der Waals surface area (Å²) in [5, 5.41) is 10.2. The van der Waals surface area contributed by atoms with Crippen molar-refractivity contribution in [2.45, 2.75) is 24.5 Å². The number of thiazole rings is 1. The number of nitrogens with zero attached hydrogens (tertiary/aromatic N) is 2. The van der Waals surface area contributed by atoms with Gasteiger partial charge < -0.3 is 14.7 Å². The molecule has 0 spiro atoms. The van der Waals surface area contributed by atoms with Crippen molar-refractivity contribution < 1.29 is 19.4 Å². The van der Waals surface area contributed by atoms with Crippen molar-refractivity contribution in [2.24, 2.45) is 0 Å². The van der Waals surface area contributed by atoms with Gasteiger partial charge in [0.25, 0.3) is 0 Å². The lowest BCUT2D eigenvalue weighted by Gasteiger charge is -2.48. The molecular weight excluding hydrogens is 328 g/mol. The maximum absolute atomic E-state index is 12.4. The van der Waals surface area contributed by atoms with Gasteiger partial charge in [-0.2, -0.15) is 0 Å². The van der Waals surface area contributed by atoms with Crippen molar-refractivity contribution in [3.63, 3.8) is 0 Å². The molecule has 0 unspecified atom stereocenters. The normalized spacial score (nSPS) is 23.3. The summed E-state index contributed by atoms with van der Waals surface area (Å²) < 4.78 is 6.20. The Hall–Kier alpha value is -2.25. The number of carbonyl (C=O) groups is 2. The van der Waals surface area contributed by atoms with Crippen LogP contribution in [0.15, 0.2) is 30.3 Å². The Labute approximate surface area is 143 Å². The predicted octanol–water partition coefficient (Wildman–Crippen LogP) is 2.40. The van der Waals surface area contributed by atoms with E-state index in [-0.39, 0.29) is 12.0 Å². The SMILES string of the molecule is COC1CC(C(=O)O)(N(C)C(=O)C=Cc2nc3ccccc3s2)C1. The first-order chi connectivity index (χ1) is 11.5. The summed E-state index contributed by atoms with van der Waals surface area (Å²) in [5.41, 5.74) is -0.303. The highest BCUT2D eigenvalue weighted by Crippen LogP contribution is 2.39. The van der Waals surface area contributed by atoms with E-state index < -0.39 is 11.5 Å². The third-order valence-corrected chi connectivity index (χ3v) is 5.52. The highest BCUT2D eigenvalue weighted by atomic mass is 32.1. The highest BCUT2D eigenvalue weighted by molar-refractivity contribution is 7.19. The van der Waals surface area contributed by atoms with Crippen LogP contribution >= 0.6 is 11.3 Å². The van der Waals surface area contributed by atoms with Gasteiger partial charge >= 0.3 is 5.97 Å². The molecule has 1 heterocycles. The number of benzene rings is 1. The molecule has 2 aromatic rings. The number of aromatic nitrogens is 1. The Bertz CT molecular complexity index is 775. The molecule has 0 radical (unpaired) electrons. The number of fused-ring (bicyclic) bond motifs is 1. The van der Waals surface area contributed by atoms with E-state index in [0.717, 1.165) is 10.2 Å². The molecule has 1 fully saturated rings. The Kier molecular flexibility index (Phi) is 4.38. The van der Waals surface area contributed by atoms with Crippen molar-refractivity contribution in [2.75, 3.05) is 14.2 Å². The topological polar surface area (TPSA) is 79.7 Å². The molecule has 1 aliphatic carbocycles. The quantitative estimate of drug-likeness (QED) is 0.841. The zero-order chi connectivity index (χ0) is 17.3. The van der Waals surface area contributed by atoms with Gasteiger partial charge in [-0.3, -0.25) is 4.79 Å². The Morgan fingerprint density at radius 3 is 2.75 bits per heavy atom. The van der Waals surface area contributed by atoms with Crippen LogP contribution in [-0.4, -0.2) is 52.7 Å². The summed E-state index contributed by atoms with van der Waals surface area (Å²) in [5.74, 6) is -1.36. The van der Waals surface area contributed by atoms with Gasteiger partial charge in [-0.15, -0.1) is 11.3 Å². The number of likely N-dealkylation sites (N-methyl/N-ethyl adjacent to an activating group) is 1. The number of methoxy groups -OCH3 is 1. The minimum Gasteiger partial charge on any atom is -0.479 e. The van der Waals surface area contributed by atoms with Crippen molar-refractivity contribution >= 4 is 39.5 Å². The predicted molar refractivity (Wildman–Crippen MR) is 91.8 cm³/mol.